The van der Waals surface area contributed by atoms with Crippen molar-refractivity contribution in [3.63, 3.8) is 0 Å². The van der Waals surface area contributed by atoms with Crippen LogP contribution in [0.1, 0.15) is 40.9 Å². The first-order valence-corrected chi connectivity index (χ1v) is 11.4. The molecular weight excluding hydrogens is 450 g/mol. The number of hydrogen-bond donors (Lipinski definition) is 2. The fourth-order valence-electron chi connectivity index (χ4n) is 3.26. The van der Waals surface area contributed by atoms with E-state index in [2.05, 4.69) is 21.9 Å². The lowest BCUT2D eigenvalue weighted by molar-refractivity contribution is -0.123. The smallest absolute Gasteiger partial charge is 0.262 e. The van der Waals surface area contributed by atoms with Crippen LogP contribution in [0.15, 0.2) is 77.9 Å². The van der Waals surface area contributed by atoms with Gasteiger partial charge < -0.3 is 10.1 Å². The number of nitrogens with zero attached hydrogens (tertiary/aromatic N) is 1. The molecule has 0 aliphatic carbocycles. The Morgan fingerprint density at radius 3 is 2.44 bits per heavy atom. The van der Waals surface area contributed by atoms with Gasteiger partial charge in [0.1, 0.15) is 18.4 Å². The van der Waals surface area contributed by atoms with Crippen LogP contribution in [-0.4, -0.2) is 24.1 Å². The Hall–Kier alpha value is -3.64. The molecule has 0 spiro atoms. The van der Waals surface area contributed by atoms with Crippen LogP contribution < -0.4 is 15.5 Å². The third kappa shape index (κ3) is 7.18. The van der Waals surface area contributed by atoms with E-state index in [0.717, 1.165) is 16.9 Å². The highest BCUT2D eigenvalue weighted by Gasteiger charge is 2.25. The van der Waals surface area contributed by atoms with Gasteiger partial charge in [-0.3, -0.25) is 9.59 Å². The van der Waals surface area contributed by atoms with Crippen LogP contribution in [-0.2, 0) is 11.4 Å². The van der Waals surface area contributed by atoms with Crippen LogP contribution in [0.25, 0.3) is 0 Å². The van der Waals surface area contributed by atoms with Gasteiger partial charge in [-0.05, 0) is 60.4 Å². The van der Waals surface area contributed by atoms with E-state index in [9.17, 15) is 9.59 Å². The van der Waals surface area contributed by atoms with Gasteiger partial charge in [0.05, 0.1) is 16.8 Å². The lowest BCUT2D eigenvalue weighted by Gasteiger charge is -2.20. The maximum absolute atomic E-state index is 12.6. The summed E-state index contributed by atoms with van der Waals surface area (Å²) in [6.07, 6.45) is 1.54. The van der Waals surface area contributed by atoms with Crippen molar-refractivity contribution in [2.24, 2.45) is 11.0 Å². The van der Waals surface area contributed by atoms with Gasteiger partial charge in [-0.25, -0.2) is 5.43 Å². The number of hydrazone groups is 1. The molecule has 0 aromatic heterocycles. The molecule has 0 saturated carbocycles. The summed E-state index contributed by atoms with van der Waals surface area (Å²) in [6, 6.07) is 21.5. The summed E-state index contributed by atoms with van der Waals surface area (Å²) in [5.74, 6) is -0.231. The molecule has 176 valence electrons. The van der Waals surface area contributed by atoms with E-state index in [4.69, 9.17) is 16.3 Å². The van der Waals surface area contributed by atoms with Gasteiger partial charge in [-0.1, -0.05) is 67.4 Å². The number of carbonyl (C=O) groups excluding carboxylic acids is 2. The van der Waals surface area contributed by atoms with Crippen LogP contribution >= 0.6 is 11.6 Å². The Kier molecular flexibility index (Phi) is 8.82. The van der Waals surface area contributed by atoms with Crippen molar-refractivity contribution in [3.8, 4) is 5.75 Å². The highest BCUT2D eigenvalue weighted by Crippen LogP contribution is 2.16. The summed E-state index contributed by atoms with van der Waals surface area (Å²) in [5, 5.41) is 7.09. The zero-order chi connectivity index (χ0) is 24.5. The number of aryl methyl sites for hydroxylation is 1. The first-order valence-electron chi connectivity index (χ1n) is 11.0. The van der Waals surface area contributed by atoms with Crippen LogP contribution in [0.2, 0.25) is 5.02 Å². The average molecular weight is 478 g/mol. The second kappa shape index (κ2) is 12.0. The van der Waals surface area contributed by atoms with Gasteiger partial charge in [0.25, 0.3) is 11.8 Å². The Morgan fingerprint density at radius 1 is 1.03 bits per heavy atom. The van der Waals surface area contributed by atoms with Crippen molar-refractivity contribution in [3.05, 3.63) is 100 Å². The largest absolute Gasteiger partial charge is 0.489 e. The van der Waals surface area contributed by atoms with Crippen molar-refractivity contribution in [2.45, 2.75) is 33.4 Å². The molecule has 0 radical (unpaired) electrons. The second-order valence-electron chi connectivity index (χ2n) is 8.26. The lowest BCUT2D eigenvalue weighted by atomic mass is 10.0. The zero-order valence-electron chi connectivity index (χ0n) is 19.4. The van der Waals surface area contributed by atoms with Crippen molar-refractivity contribution in [1.29, 1.82) is 0 Å². The molecule has 2 amide bonds. The average Bonchev–Trinajstić information content (AvgIpc) is 2.82. The fourth-order valence-corrected chi connectivity index (χ4v) is 3.48. The molecule has 0 saturated heterocycles. The monoisotopic (exact) mass is 477 g/mol. The van der Waals surface area contributed by atoms with E-state index in [0.29, 0.717) is 17.2 Å². The van der Waals surface area contributed by atoms with Crippen molar-refractivity contribution < 1.29 is 14.3 Å². The molecule has 0 aliphatic heterocycles. The molecule has 3 aromatic rings. The Morgan fingerprint density at radius 2 is 1.76 bits per heavy atom. The van der Waals surface area contributed by atoms with Crippen molar-refractivity contribution in [1.82, 2.24) is 10.7 Å². The first-order chi connectivity index (χ1) is 16.3. The van der Waals surface area contributed by atoms with E-state index in [1.165, 1.54) is 11.8 Å². The number of rotatable bonds is 9. The summed E-state index contributed by atoms with van der Waals surface area (Å²) >= 11 is 6.09. The minimum atomic E-state index is -0.765. The lowest BCUT2D eigenvalue weighted by Crippen LogP contribution is -2.48. The van der Waals surface area contributed by atoms with E-state index < -0.39 is 17.9 Å². The standard InChI is InChI=1S/C27H28ClN3O3/c1-18(2)25(30-26(32)23-9-4-5-10-24(23)28)27(33)31-29-16-20-11-13-22(14-12-20)34-17-21-8-6-7-19(3)15-21/h4-16,18,25H,17H2,1-3H3,(H,30,32)(H,31,33)/b29-16-. The maximum atomic E-state index is 12.6. The molecule has 0 aliphatic rings. The minimum Gasteiger partial charge on any atom is -0.489 e. The molecule has 3 aromatic carbocycles. The Labute approximate surface area is 205 Å². The predicted octanol–water partition coefficient (Wildman–Crippen LogP) is 5.13. The summed E-state index contributed by atoms with van der Waals surface area (Å²) in [6.45, 7) is 6.22. The highest BCUT2D eigenvalue weighted by molar-refractivity contribution is 6.33. The third-order valence-corrected chi connectivity index (χ3v) is 5.44. The number of amides is 2. The van der Waals surface area contributed by atoms with Crippen molar-refractivity contribution in [2.75, 3.05) is 0 Å². The minimum absolute atomic E-state index is 0.147. The van der Waals surface area contributed by atoms with Gasteiger partial charge in [0.2, 0.25) is 0 Å². The SMILES string of the molecule is Cc1cccc(COc2ccc(/C=N\NC(=O)C(NC(=O)c3ccccc3Cl)C(C)C)cc2)c1. The molecule has 34 heavy (non-hydrogen) atoms. The van der Waals surface area contributed by atoms with E-state index in [1.807, 2.05) is 63.2 Å². The summed E-state index contributed by atoms with van der Waals surface area (Å²) in [4.78, 5) is 25.2. The highest BCUT2D eigenvalue weighted by atomic mass is 35.5. The fraction of sp³-hybridized carbons (Fsp3) is 0.222. The van der Waals surface area contributed by atoms with Crippen LogP contribution in [0, 0.1) is 12.8 Å². The van der Waals surface area contributed by atoms with Gasteiger partial charge in [0, 0.05) is 0 Å². The number of halogens is 1. The van der Waals surface area contributed by atoms with E-state index in [1.54, 1.807) is 24.3 Å². The van der Waals surface area contributed by atoms with Crippen LogP contribution in [0.4, 0.5) is 0 Å². The van der Waals surface area contributed by atoms with Gasteiger partial charge >= 0.3 is 0 Å². The number of nitrogens with one attached hydrogen (secondary N) is 2. The molecule has 7 heteroatoms. The molecule has 2 N–H and O–H groups in total. The summed E-state index contributed by atoms with van der Waals surface area (Å²) in [7, 11) is 0. The molecule has 1 unspecified atom stereocenters. The Balaban J connectivity index is 1.54. The first kappa shape index (κ1) is 25.0. The topological polar surface area (TPSA) is 79.8 Å². The van der Waals surface area contributed by atoms with Gasteiger partial charge in [0.15, 0.2) is 0 Å². The van der Waals surface area contributed by atoms with Crippen LogP contribution in [0.3, 0.4) is 0 Å². The molecule has 3 rings (SSSR count). The Bertz CT molecular complexity index is 1160. The number of ether oxygens (including phenoxy) is 1. The molecule has 6 nitrogen and oxygen atoms in total. The molecule has 1 atom stereocenters. The number of hydrogen-bond acceptors (Lipinski definition) is 4. The van der Waals surface area contributed by atoms with Crippen molar-refractivity contribution >= 4 is 29.6 Å². The summed E-state index contributed by atoms with van der Waals surface area (Å²) < 4.78 is 5.82. The summed E-state index contributed by atoms with van der Waals surface area (Å²) in [5.41, 5.74) is 5.91. The molecular formula is C27H28ClN3O3. The van der Waals surface area contributed by atoms with Gasteiger partial charge in [-0.15, -0.1) is 0 Å². The molecule has 0 bridgehead atoms. The van der Waals surface area contributed by atoms with E-state index in [-0.39, 0.29) is 5.92 Å². The van der Waals surface area contributed by atoms with E-state index >= 15 is 0 Å². The van der Waals surface area contributed by atoms with Gasteiger partial charge in [-0.2, -0.15) is 5.10 Å². The number of carbonyl (C=O) groups is 2. The zero-order valence-corrected chi connectivity index (χ0v) is 20.2. The second-order valence-corrected chi connectivity index (χ2v) is 8.66. The quantitative estimate of drug-likeness (QED) is 0.331. The number of benzene rings is 3. The maximum Gasteiger partial charge on any atom is 0.262 e. The molecule has 0 heterocycles. The van der Waals surface area contributed by atoms with Crippen LogP contribution in [0.5, 0.6) is 5.75 Å². The third-order valence-electron chi connectivity index (χ3n) is 5.11. The molecule has 0 fully saturated rings. The predicted molar refractivity (Wildman–Crippen MR) is 135 cm³/mol. The normalized spacial score (nSPS) is 11.9.